The number of aromatic nitrogens is 2. The quantitative estimate of drug-likeness (QED) is 0.593. The first kappa shape index (κ1) is 21.0. The minimum Gasteiger partial charge on any atom is -0.493 e. The van der Waals surface area contributed by atoms with Gasteiger partial charge in [0.1, 0.15) is 5.75 Å². The van der Waals surface area contributed by atoms with Gasteiger partial charge in [-0.3, -0.25) is 9.80 Å². The molecule has 32 heavy (non-hydrogen) atoms. The van der Waals surface area contributed by atoms with E-state index >= 15 is 0 Å². The Kier molecular flexibility index (Phi) is 5.60. The average Bonchev–Trinajstić information content (AvgIpc) is 3.44. The van der Waals surface area contributed by atoms with Crippen LogP contribution in [-0.2, 0) is 25.7 Å². The van der Waals surface area contributed by atoms with E-state index in [1.807, 2.05) is 0 Å². The van der Waals surface area contributed by atoms with Crippen LogP contribution >= 0.6 is 0 Å². The van der Waals surface area contributed by atoms with E-state index in [4.69, 9.17) is 9.26 Å². The van der Waals surface area contributed by atoms with Gasteiger partial charge in [-0.05, 0) is 29.3 Å². The van der Waals surface area contributed by atoms with Gasteiger partial charge >= 0.3 is 6.18 Å². The van der Waals surface area contributed by atoms with Gasteiger partial charge in [-0.2, -0.15) is 18.2 Å². The monoisotopic (exact) mass is 444 g/mol. The van der Waals surface area contributed by atoms with Crippen LogP contribution in [0.1, 0.15) is 22.6 Å². The summed E-state index contributed by atoms with van der Waals surface area (Å²) in [6, 6.07) is 11.2. The van der Waals surface area contributed by atoms with Crippen LogP contribution in [0.15, 0.2) is 47.0 Å². The maximum absolute atomic E-state index is 12.7. The van der Waals surface area contributed by atoms with Gasteiger partial charge in [-0.1, -0.05) is 29.4 Å². The minimum absolute atomic E-state index is 0.299. The summed E-state index contributed by atoms with van der Waals surface area (Å²) in [5, 5.41) is 3.93. The zero-order chi connectivity index (χ0) is 22.1. The van der Waals surface area contributed by atoms with Gasteiger partial charge in [-0.15, -0.1) is 0 Å². The van der Waals surface area contributed by atoms with E-state index in [0.29, 0.717) is 23.8 Å². The topological polar surface area (TPSA) is 54.6 Å². The standard InChI is InChI=1S/C23H23F3N4O2/c24-23(25,26)19-4-2-17(3-5-19)22-27-21(32-28-22)15-30-10-8-29(9-11-30)14-16-1-6-20-18(13-16)7-12-31-20/h1-6,13H,7-12,14-15H2. The molecule has 9 heteroatoms. The van der Waals surface area contributed by atoms with Gasteiger partial charge in [0.15, 0.2) is 0 Å². The number of halogens is 3. The third-order valence-corrected chi connectivity index (χ3v) is 5.92. The molecule has 0 aliphatic carbocycles. The molecule has 0 bridgehead atoms. The molecule has 0 N–H and O–H groups in total. The second kappa shape index (κ2) is 8.55. The Balaban J connectivity index is 1.14. The molecule has 1 saturated heterocycles. The molecule has 168 valence electrons. The van der Waals surface area contributed by atoms with Crippen LogP contribution in [0.2, 0.25) is 0 Å². The predicted octanol–water partition coefficient (Wildman–Crippen LogP) is 4.01. The second-order valence-electron chi connectivity index (χ2n) is 8.18. The van der Waals surface area contributed by atoms with Crippen molar-refractivity contribution < 1.29 is 22.4 Å². The first-order valence-corrected chi connectivity index (χ1v) is 10.6. The third kappa shape index (κ3) is 4.63. The molecule has 0 spiro atoms. The maximum atomic E-state index is 12.7. The van der Waals surface area contributed by atoms with Gasteiger partial charge < -0.3 is 9.26 Å². The van der Waals surface area contributed by atoms with E-state index < -0.39 is 11.7 Å². The summed E-state index contributed by atoms with van der Waals surface area (Å²) >= 11 is 0. The minimum atomic E-state index is -4.36. The van der Waals surface area contributed by atoms with Crippen molar-refractivity contribution in [2.24, 2.45) is 0 Å². The summed E-state index contributed by atoms with van der Waals surface area (Å²) in [5.41, 5.74) is 2.40. The van der Waals surface area contributed by atoms with Crippen LogP contribution in [0.3, 0.4) is 0 Å². The van der Waals surface area contributed by atoms with Crippen LogP contribution in [-0.4, -0.2) is 52.7 Å². The number of alkyl halides is 3. The lowest BCUT2D eigenvalue weighted by Gasteiger charge is -2.34. The number of ether oxygens (including phenoxy) is 1. The van der Waals surface area contributed by atoms with E-state index in [0.717, 1.165) is 63.6 Å². The van der Waals surface area contributed by atoms with E-state index in [1.54, 1.807) is 0 Å². The van der Waals surface area contributed by atoms with Gasteiger partial charge in [0.2, 0.25) is 11.7 Å². The van der Waals surface area contributed by atoms with Gasteiger partial charge in [0.25, 0.3) is 0 Å². The fraction of sp³-hybridized carbons (Fsp3) is 0.391. The molecule has 0 atom stereocenters. The number of benzene rings is 2. The Labute approximate surface area is 183 Å². The first-order valence-electron chi connectivity index (χ1n) is 10.6. The zero-order valence-electron chi connectivity index (χ0n) is 17.4. The van der Waals surface area contributed by atoms with Crippen molar-refractivity contribution in [3.8, 4) is 17.1 Å². The molecule has 5 rings (SSSR count). The molecule has 2 aliphatic heterocycles. The normalized spacial score (nSPS) is 17.3. The van der Waals surface area contributed by atoms with Crippen molar-refractivity contribution in [3.63, 3.8) is 0 Å². The number of hydrogen-bond donors (Lipinski definition) is 0. The van der Waals surface area contributed by atoms with Crippen molar-refractivity contribution in [3.05, 3.63) is 65.0 Å². The third-order valence-electron chi connectivity index (χ3n) is 5.92. The van der Waals surface area contributed by atoms with Crippen LogP contribution in [0.4, 0.5) is 13.2 Å². The second-order valence-corrected chi connectivity index (χ2v) is 8.18. The Morgan fingerprint density at radius 2 is 1.62 bits per heavy atom. The van der Waals surface area contributed by atoms with E-state index in [9.17, 15) is 13.2 Å². The highest BCUT2D eigenvalue weighted by atomic mass is 19.4. The fourth-order valence-corrected chi connectivity index (χ4v) is 4.14. The molecule has 3 heterocycles. The Morgan fingerprint density at radius 1 is 0.906 bits per heavy atom. The van der Waals surface area contributed by atoms with Gasteiger partial charge in [0.05, 0.1) is 18.7 Å². The smallest absolute Gasteiger partial charge is 0.416 e. The van der Waals surface area contributed by atoms with Crippen LogP contribution in [0.5, 0.6) is 5.75 Å². The van der Waals surface area contributed by atoms with Crippen molar-refractivity contribution in [2.45, 2.75) is 25.7 Å². The van der Waals surface area contributed by atoms with Crippen LogP contribution < -0.4 is 4.74 Å². The molecule has 3 aromatic rings. The molecule has 2 aliphatic rings. The van der Waals surface area contributed by atoms with Crippen molar-refractivity contribution in [1.82, 2.24) is 19.9 Å². The van der Waals surface area contributed by atoms with Gasteiger partial charge in [0, 0.05) is 44.7 Å². The highest BCUT2D eigenvalue weighted by Gasteiger charge is 2.30. The SMILES string of the molecule is FC(F)(F)c1ccc(-c2noc(CN3CCN(Cc4ccc5c(c4)CCO5)CC3)n2)cc1. The number of hydrogen-bond acceptors (Lipinski definition) is 6. The summed E-state index contributed by atoms with van der Waals surface area (Å²) < 4.78 is 49.1. The Morgan fingerprint density at radius 3 is 2.34 bits per heavy atom. The molecule has 0 unspecified atom stereocenters. The number of rotatable bonds is 5. The lowest BCUT2D eigenvalue weighted by atomic mass is 10.1. The van der Waals surface area contributed by atoms with E-state index in [1.165, 1.54) is 23.3 Å². The van der Waals surface area contributed by atoms with E-state index in [-0.39, 0.29) is 0 Å². The molecule has 1 aromatic heterocycles. The molecule has 0 amide bonds. The highest BCUT2D eigenvalue weighted by Crippen LogP contribution is 2.30. The summed E-state index contributed by atoms with van der Waals surface area (Å²) in [6.07, 6.45) is -3.38. The van der Waals surface area contributed by atoms with Crippen LogP contribution in [0, 0.1) is 0 Å². The molecular formula is C23H23F3N4O2. The number of piperazine rings is 1. The van der Waals surface area contributed by atoms with Gasteiger partial charge in [-0.25, -0.2) is 0 Å². The summed E-state index contributed by atoms with van der Waals surface area (Å²) in [5.74, 6) is 1.77. The maximum Gasteiger partial charge on any atom is 0.416 e. The Bertz CT molecular complexity index is 1070. The lowest BCUT2D eigenvalue weighted by molar-refractivity contribution is -0.137. The number of fused-ring (bicyclic) bond motifs is 1. The van der Waals surface area contributed by atoms with Crippen LogP contribution in [0.25, 0.3) is 11.4 Å². The first-order chi connectivity index (χ1) is 15.4. The Hall–Kier alpha value is -2.91. The summed E-state index contributed by atoms with van der Waals surface area (Å²) in [7, 11) is 0. The molecule has 0 saturated carbocycles. The highest BCUT2D eigenvalue weighted by molar-refractivity contribution is 5.54. The molecule has 6 nitrogen and oxygen atoms in total. The van der Waals surface area contributed by atoms with E-state index in [2.05, 4.69) is 38.1 Å². The molecule has 0 radical (unpaired) electrons. The molecular weight excluding hydrogens is 421 g/mol. The predicted molar refractivity (Wildman–Crippen MR) is 111 cm³/mol. The molecule has 1 fully saturated rings. The summed E-state index contributed by atoms with van der Waals surface area (Å²) in [4.78, 5) is 9.03. The zero-order valence-corrected chi connectivity index (χ0v) is 17.4. The van der Waals surface area contributed by atoms with Crippen molar-refractivity contribution >= 4 is 0 Å². The van der Waals surface area contributed by atoms with Crippen molar-refractivity contribution in [1.29, 1.82) is 0 Å². The largest absolute Gasteiger partial charge is 0.493 e. The summed E-state index contributed by atoms with van der Waals surface area (Å²) in [6.45, 7) is 5.85. The number of nitrogens with zero attached hydrogens (tertiary/aromatic N) is 4. The lowest BCUT2D eigenvalue weighted by Crippen LogP contribution is -2.45. The molecule has 2 aromatic carbocycles. The average molecular weight is 444 g/mol. The van der Waals surface area contributed by atoms with Crippen molar-refractivity contribution in [2.75, 3.05) is 32.8 Å². The fourth-order valence-electron chi connectivity index (χ4n) is 4.14.